The van der Waals surface area contributed by atoms with Crippen LogP contribution >= 0.6 is 0 Å². The van der Waals surface area contributed by atoms with Crippen molar-refractivity contribution in [3.05, 3.63) is 90.7 Å². The molecule has 0 aliphatic heterocycles. The number of halogens is 1. The number of esters is 1. The highest BCUT2D eigenvalue weighted by molar-refractivity contribution is 5.81. The fraction of sp³-hybridized carbons (Fsp3) is 0.267. The SMILES string of the molecule is COC(=O)CCCCCCCOc1nc(-c2ccccc2)c(-c2ccccc2)n1-c1ccccc1F. The van der Waals surface area contributed by atoms with Gasteiger partial charge in [0.25, 0.3) is 0 Å². The molecular weight excluding hydrogens is 455 g/mol. The summed E-state index contributed by atoms with van der Waals surface area (Å²) in [5.41, 5.74) is 3.77. The lowest BCUT2D eigenvalue weighted by Crippen LogP contribution is -2.07. The third-order valence-electron chi connectivity index (χ3n) is 6.02. The van der Waals surface area contributed by atoms with Crippen LogP contribution in [0.25, 0.3) is 28.2 Å². The van der Waals surface area contributed by atoms with E-state index in [0.29, 0.717) is 24.7 Å². The average Bonchev–Trinajstić information content (AvgIpc) is 3.30. The third kappa shape index (κ3) is 6.19. The summed E-state index contributed by atoms with van der Waals surface area (Å²) in [4.78, 5) is 16.1. The van der Waals surface area contributed by atoms with Crippen LogP contribution in [-0.2, 0) is 9.53 Å². The van der Waals surface area contributed by atoms with Gasteiger partial charge in [-0.1, -0.05) is 92.1 Å². The zero-order valence-electron chi connectivity index (χ0n) is 20.5. The van der Waals surface area contributed by atoms with Gasteiger partial charge in [0, 0.05) is 17.5 Å². The second kappa shape index (κ2) is 12.7. The van der Waals surface area contributed by atoms with Crippen LogP contribution in [0.2, 0.25) is 0 Å². The number of benzene rings is 3. The molecule has 5 nitrogen and oxygen atoms in total. The average molecular weight is 487 g/mol. The highest BCUT2D eigenvalue weighted by atomic mass is 19.1. The van der Waals surface area contributed by atoms with Gasteiger partial charge < -0.3 is 9.47 Å². The molecule has 1 heterocycles. The summed E-state index contributed by atoms with van der Waals surface area (Å²) in [7, 11) is 1.41. The first kappa shape index (κ1) is 25.2. The van der Waals surface area contributed by atoms with Crippen molar-refractivity contribution in [2.45, 2.75) is 38.5 Å². The Balaban J connectivity index is 1.60. The second-order valence-corrected chi connectivity index (χ2v) is 8.55. The zero-order valence-corrected chi connectivity index (χ0v) is 20.5. The number of ether oxygens (including phenoxy) is 2. The largest absolute Gasteiger partial charge is 0.469 e. The van der Waals surface area contributed by atoms with Gasteiger partial charge in [0.15, 0.2) is 0 Å². The quantitative estimate of drug-likeness (QED) is 0.156. The van der Waals surface area contributed by atoms with Crippen molar-refractivity contribution in [1.29, 1.82) is 0 Å². The van der Waals surface area contributed by atoms with Crippen LogP contribution in [0, 0.1) is 5.82 Å². The fourth-order valence-corrected chi connectivity index (χ4v) is 4.18. The maximum atomic E-state index is 15.1. The minimum Gasteiger partial charge on any atom is -0.469 e. The number of hydrogen-bond acceptors (Lipinski definition) is 4. The van der Waals surface area contributed by atoms with Gasteiger partial charge >= 0.3 is 12.0 Å². The van der Waals surface area contributed by atoms with Crippen molar-refractivity contribution in [1.82, 2.24) is 9.55 Å². The van der Waals surface area contributed by atoms with E-state index in [1.165, 1.54) is 13.2 Å². The number of methoxy groups -OCH3 is 1. The number of para-hydroxylation sites is 1. The standard InChI is InChI=1S/C30H31FN2O3/c1-35-27(34)21-11-3-2-4-14-22-36-30-32-28(23-15-7-5-8-16-23)29(24-17-9-6-10-18-24)33(30)26-20-13-12-19-25(26)31/h5-10,12-13,15-20H,2-4,11,14,21-22H2,1H3. The van der Waals surface area contributed by atoms with Crippen molar-refractivity contribution in [3.63, 3.8) is 0 Å². The van der Waals surface area contributed by atoms with Crippen LogP contribution in [0.5, 0.6) is 6.01 Å². The lowest BCUT2D eigenvalue weighted by atomic mass is 10.0. The topological polar surface area (TPSA) is 53.4 Å². The predicted molar refractivity (Wildman–Crippen MR) is 140 cm³/mol. The summed E-state index contributed by atoms with van der Waals surface area (Å²) in [6.45, 7) is 0.463. The van der Waals surface area contributed by atoms with Gasteiger partial charge in [-0.15, -0.1) is 0 Å². The van der Waals surface area contributed by atoms with Crippen molar-refractivity contribution in [2.24, 2.45) is 0 Å². The van der Waals surface area contributed by atoms with Crippen LogP contribution in [0.4, 0.5) is 4.39 Å². The van der Waals surface area contributed by atoms with E-state index in [1.807, 2.05) is 66.7 Å². The van der Waals surface area contributed by atoms with Gasteiger partial charge in [-0.25, -0.2) is 4.39 Å². The first-order valence-corrected chi connectivity index (χ1v) is 12.4. The summed E-state index contributed by atoms with van der Waals surface area (Å²) >= 11 is 0. The molecule has 0 spiro atoms. The molecule has 1 aromatic heterocycles. The Kier molecular flexibility index (Phi) is 8.87. The van der Waals surface area contributed by atoms with E-state index in [9.17, 15) is 4.79 Å². The van der Waals surface area contributed by atoms with Crippen molar-refractivity contribution in [3.8, 4) is 34.2 Å². The molecule has 0 aliphatic carbocycles. The first-order valence-electron chi connectivity index (χ1n) is 12.4. The third-order valence-corrected chi connectivity index (χ3v) is 6.02. The molecule has 4 rings (SSSR count). The van der Waals surface area contributed by atoms with E-state index >= 15 is 4.39 Å². The summed E-state index contributed by atoms with van der Waals surface area (Å²) in [6, 6.07) is 26.8. The number of unbranched alkanes of at least 4 members (excludes halogenated alkanes) is 4. The molecule has 36 heavy (non-hydrogen) atoms. The second-order valence-electron chi connectivity index (χ2n) is 8.55. The molecule has 0 saturated heterocycles. The molecule has 0 fully saturated rings. The monoisotopic (exact) mass is 486 g/mol. The molecule has 0 aliphatic rings. The number of rotatable bonds is 12. The normalized spacial score (nSPS) is 10.8. The highest BCUT2D eigenvalue weighted by Crippen LogP contribution is 2.38. The van der Waals surface area contributed by atoms with Gasteiger partial charge in [-0.2, -0.15) is 4.98 Å². The van der Waals surface area contributed by atoms with Crippen molar-refractivity contribution < 1.29 is 18.7 Å². The van der Waals surface area contributed by atoms with Crippen LogP contribution in [0.1, 0.15) is 38.5 Å². The molecule has 0 radical (unpaired) electrons. The molecule has 0 bridgehead atoms. The summed E-state index contributed by atoms with van der Waals surface area (Å²) < 4.78 is 27.7. The van der Waals surface area contributed by atoms with Crippen LogP contribution in [-0.4, -0.2) is 29.2 Å². The molecule has 0 atom stereocenters. The fourth-order valence-electron chi connectivity index (χ4n) is 4.18. The van der Waals surface area contributed by atoms with E-state index in [-0.39, 0.29) is 11.8 Å². The Morgan fingerprint density at radius 3 is 2.11 bits per heavy atom. The summed E-state index contributed by atoms with van der Waals surface area (Å²) in [6.07, 6.45) is 5.06. The van der Waals surface area contributed by atoms with Crippen LogP contribution in [0.15, 0.2) is 84.9 Å². The Bertz CT molecular complexity index is 1260. The smallest absolute Gasteiger partial charge is 0.305 e. The Morgan fingerprint density at radius 2 is 1.42 bits per heavy atom. The minimum atomic E-state index is -0.345. The molecular formula is C30H31FN2O3. The highest BCUT2D eigenvalue weighted by Gasteiger charge is 2.23. The maximum absolute atomic E-state index is 15.1. The summed E-state index contributed by atoms with van der Waals surface area (Å²) in [5, 5.41) is 0. The van der Waals surface area contributed by atoms with Crippen molar-refractivity contribution >= 4 is 5.97 Å². The molecule has 0 N–H and O–H groups in total. The first-order chi connectivity index (χ1) is 17.7. The van der Waals surface area contributed by atoms with E-state index < -0.39 is 0 Å². The van der Waals surface area contributed by atoms with E-state index in [1.54, 1.807) is 16.7 Å². The van der Waals surface area contributed by atoms with E-state index in [2.05, 4.69) is 4.74 Å². The number of hydrogen-bond donors (Lipinski definition) is 0. The molecule has 0 unspecified atom stereocenters. The molecule has 0 amide bonds. The summed E-state index contributed by atoms with van der Waals surface area (Å²) in [5.74, 6) is -0.510. The number of nitrogens with zero attached hydrogens (tertiary/aromatic N) is 2. The lowest BCUT2D eigenvalue weighted by molar-refractivity contribution is -0.140. The maximum Gasteiger partial charge on any atom is 0.305 e. The number of imidazole rings is 1. The van der Waals surface area contributed by atoms with Crippen LogP contribution in [0.3, 0.4) is 0 Å². The lowest BCUT2D eigenvalue weighted by Gasteiger charge is -2.14. The van der Waals surface area contributed by atoms with E-state index in [0.717, 1.165) is 54.6 Å². The van der Waals surface area contributed by atoms with Crippen molar-refractivity contribution in [2.75, 3.05) is 13.7 Å². The van der Waals surface area contributed by atoms with Gasteiger partial charge in [-0.3, -0.25) is 9.36 Å². The van der Waals surface area contributed by atoms with E-state index in [4.69, 9.17) is 9.72 Å². The predicted octanol–water partition coefficient (Wildman–Crippen LogP) is 7.24. The molecule has 4 aromatic rings. The van der Waals surface area contributed by atoms with Gasteiger partial charge in [0.1, 0.15) is 11.5 Å². The number of carbonyl (C=O) groups is 1. The van der Waals surface area contributed by atoms with Crippen LogP contribution < -0.4 is 4.74 Å². The number of aromatic nitrogens is 2. The number of carbonyl (C=O) groups excluding carboxylic acids is 1. The van der Waals surface area contributed by atoms with Gasteiger partial charge in [0.05, 0.1) is 25.1 Å². The molecule has 186 valence electrons. The Labute approximate surface area is 211 Å². The van der Waals surface area contributed by atoms with Gasteiger partial charge in [-0.05, 0) is 25.0 Å². The molecule has 0 saturated carbocycles. The van der Waals surface area contributed by atoms with Gasteiger partial charge in [0.2, 0.25) is 0 Å². The Morgan fingerprint density at radius 1 is 0.806 bits per heavy atom. The zero-order chi connectivity index (χ0) is 25.2. The minimum absolute atomic E-state index is 0.165. The Hall–Kier alpha value is -3.93. The molecule has 6 heteroatoms. The molecule has 3 aromatic carbocycles.